The minimum absolute atomic E-state index is 0.0419. The van der Waals surface area contributed by atoms with Crippen molar-refractivity contribution in [3.63, 3.8) is 0 Å². The maximum atomic E-state index is 12.3. The zero-order valence-electron chi connectivity index (χ0n) is 10.8. The smallest absolute Gasteiger partial charge is 0.263 e. The lowest BCUT2D eigenvalue weighted by molar-refractivity contribution is 0.601. The summed E-state index contributed by atoms with van der Waals surface area (Å²) in [5, 5.41) is 8.76. The van der Waals surface area contributed by atoms with Gasteiger partial charge in [0.1, 0.15) is 4.90 Å². The number of hydrogen-bond acceptors (Lipinski definition) is 4. The van der Waals surface area contributed by atoms with Crippen LogP contribution in [-0.2, 0) is 10.0 Å². The number of para-hydroxylation sites is 1. The Labute approximate surface area is 117 Å². The van der Waals surface area contributed by atoms with Crippen molar-refractivity contribution in [3.05, 3.63) is 53.6 Å². The number of nitrogen functional groups attached to an aromatic ring is 1. The van der Waals surface area contributed by atoms with Crippen LogP contribution in [0.15, 0.2) is 47.4 Å². The molecule has 0 aliphatic heterocycles. The van der Waals surface area contributed by atoms with Gasteiger partial charge in [0, 0.05) is 0 Å². The number of hydrogen-bond donors (Lipinski definition) is 2. The molecular formula is C14H13N3O2S. The summed E-state index contributed by atoms with van der Waals surface area (Å²) in [6.45, 7) is 1.81. The van der Waals surface area contributed by atoms with E-state index < -0.39 is 10.0 Å². The van der Waals surface area contributed by atoms with Gasteiger partial charge in [-0.15, -0.1) is 0 Å². The number of nitrogens with two attached hydrogens (primary N) is 1. The van der Waals surface area contributed by atoms with Crippen LogP contribution in [0.5, 0.6) is 0 Å². The Morgan fingerprint density at radius 2 is 1.90 bits per heavy atom. The van der Waals surface area contributed by atoms with Gasteiger partial charge >= 0.3 is 0 Å². The van der Waals surface area contributed by atoms with Crippen LogP contribution in [0.4, 0.5) is 11.4 Å². The van der Waals surface area contributed by atoms with Gasteiger partial charge in [0.2, 0.25) is 0 Å². The molecule has 102 valence electrons. The molecule has 0 heterocycles. The fourth-order valence-corrected chi connectivity index (χ4v) is 2.99. The predicted molar refractivity (Wildman–Crippen MR) is 77.6 cm³/mol. The Kier molecular flexibility index (Phi) is 3.63. The van der Waals surface area contributed by atoms with E-state index in [4.69, 9.17) is 11.0 Å². The maximum absolute atomic E-state index is 12.3. The van der Waals surface area contributed by atoms with Gasteiger partial charge in [-0.25, -0.2) is 8.42 Å². The van der Waals surface area contributed by atoms with Crippen LogP contribution in [0, 0.1) is 18.3 Å². The van der Waals surface area contributed by atoms with E-state index in [1.165, 1.54) is 18.2 Å². The molecule has 0 spiro atoms. The van der Waals surface area contributed by atoms with Crippen molar-refractivity contribution in [2.45, 2.75) is 11.8 Å². The molecule has 0 aromatic heterocycles. The lowest BCUT2D eigenvalue weighted by atomic mass is 10.2. The third-order valence-corrected chi connectivity index (χ3v) is 4.26. The van der Waals surface area contributed by atoms with E-state index in [2.05, 4.69) is 4.72 Å². The first-order valence-corrected chi connectivity index (χ1v) is 7.30. The number of nitrogens with zero attached hydrogens (tertiary/aromatic N) is 1. The molecule has 2 rings (SSSR count). The second-order valence-corrected chi connectivity index (χ2v) is 5.94. The fourth-order valence-electron chi connectivity index (χ4n) is 1.75. The van der Waals surface area contributed by atoms with Gasteiger partial charge in [-0.1, -0.05) is 18.2 Å². The van der Waals surface area contributed by atoms with Crippen molar-refractivity contribution in [1.29, 1.82) is 5.26 Å². The Hall–Kier alpha value is -2.52. The van der Waals surface area contributed by atoms with E-state index >= 15 is 0 Å². The molecule has 0 fully saturated rings. The van der Waals surface area contributed by atoms with Crippen LogP contribution in [0.2, 0.25) is 0 Å². The normalized spacial score (nSPS) is 10.8. The van der Waals surface area contributed by atoms with Gasteiger partial charge in [0.25, 0.3) is 10.0 Å². The first kappa shape index (κ1) is 13.9. The maximum Gasteiger partial charge on any atom is 0.263 e. The van der Waals surface area contributed by atoms with Gasteiger partial charge in [-0.2, -0.15) is 5.26 Å². The van der Waals surface area contributed by atoms with Gasteiger partial charge in [-0.3, -0.25) is 4.72 Å². The summed E-state index contributed by atoms with van der Waals surface area (Å²) in [6, 6.07) is 13.0. The summed E-state index contributed by atoms with van der Waals surface area (Å²) < 4.78 is 27.1. The molecule has 20 heavy (non-hydrogen) atoms. The number of anilines is 2. The zero-order valence-corrected chi connectivity index (χ0v) is 11.6. The van der Waals surface area contributed by atoms with Crippen LogP contribution in [0.1, 0.15) is 11.1 Å². The van der Waals surface area contributed by atoms with E-state index in [1.54, 1.807) is 25.1 Å². The number of rotatable bonds is 3. The molecule has 0 saturated heterocycles. The summed E-state index contributed by atoms with van der Waals surface area (Å²) in [5.41, 5.74) is 7.37. The summed E-state index contributed by atoms with van der Waals surface area (Å²) in [6.07, 6.45) is 0. The van der Waals surface area contributed by atoms with E-state index in [0.717, 1.165) is 5.56 Å². The SMILES string of the molecule is Cc1ccccc1NS(=O)(=O)c1ccc(C#N)cc1N. The van der Waals surface area contributed by atoms with Crippen LogP contribution < -0.4 is 10.5 Å². The molecule has 0 aliphatic carbocycles. The van der Waals surface area contributed by atoms with Crippen molar-refractivity contribution >= 4 is 21.4 Å². The number of sulfonamides is 1. The molecule has 2 aromatic rings. The largest absolute Gasteiger partial charge is 0.398 e. The Morgan fingerprint density at radius 3 is 2.50 bits per heavy atom. The van der Waals surface area contributed by atoms with Gasteiger partial charge in [0.05, 0.1) is 23.0 Å². The quantitative estimate of drug-likeness (QED) is 0.846. The highest BCUT2D eigenvalue weighted by molar-refractivity contribution is 7.92. The summed E-state index contributed by atoms with van der Waals surface area (Å²) in [5.74, 6) is 0. The first-order chi connectivity index (χ1) is 9.44. The third kappa shape index (κ3) is 2.73. The minimum atomic E-state index is -3.78. The lowest BCUT2D eigenvalue weighted by Gasteiger charge is -2.12. The van der Waals surface area contributed by atoms with Crippen molar-refractivity contribution < 1.29 is 8.42 Å². The van der Waals surface area contributed by atoms with Crippen molar-refractivity contribution in [2.75, 3.05) is 10.5 Å². The highest BCUT2D eigenvalue weighted by Gasteiger charge is 2.18. The second-order valence-electron chi connectivity index (χ2n) is 4.28. The van der Waals surface area contributed by atoms with E-state index in [9.17, 15) is 8.42 Å². The Morgan fingerprint density at radius 1 is 1.20 bits per heavy atom. The zero-order chi connectivity index (χ0) is 14.8. The van der Waals surface area contributed by atoms with Crippen LogP contribution in [-0.4, -0.2) is 8.42 Å². The van der Waals surface area contributed by atoms with Crippen LogP contribution in [0.25, 0.3) is 0 Å². The molecule has 0 saturated carbocycles. The fraction of sp³-hybridized carbons (Fsp3) is 0.0714. The monoisotopic (exact) mass is 287 g/mol. The molecular weight excluding hydrogens is 274 g/mol. The molecule has 3 N–H and O–H groups in total. The highest BCUT2D eigenvalue weighted by Crippen LogP contribution is 2.24. The van der Waals surface area contributed by atoms with E-state index in [1.807, 2.05) is 12.1 Å². The number of nitriles is 1. The predicted octanol–water partition coefficient (Wildman–Crippen LogP) is 2.25. The number of aryl methyl sites for hydroxylation is 1. The number of benzene rings is 2. The molecule has 0 amide bonds. The average molecular weight is 287 g/mol. The first-order valence-electron chi connectivity index (χ1n) is 5.82. The molecule has 2 aromatic carbocycles. The molecule has 5 nitrogen and oxygen atoms in total. The number of nitrogens with one attached hydrogen (secondary N) is 1. The Balaban J connectivity index is 2.42. The molecule has 0 radical (unpaired) electrons. The minimum Gasteiger partial charge on any atom is -0.398 e. The van der Waals surface area contributed by atoms with Crippen molar-refractivity contribution in [1.82, 2.24) is 0 Å². The molecule has 0 aliphatic rings. The van der Waals surface area contributed by atoms with E-state index in [0.29, 0.717) is 11.3 Å². The van der Waals surface area contributed by atoms with E-state index in [-0.39, 0.29) is 10.6 Å². The van der Waals surface area contributed by atoms with Crippen LogP contribution >= 0.6 is 0 Å². The molecule has 6 heteroatoms. The van der Waals surface area contributed by atoms with Crippen molar-refractivity contribution in [3.8, 4) is 6.07 Å². The van der Waals surface area contributed by atoms with Crippen LogP contribution in [0.3, 0.4) is 0 Å². The van der Waals surface area contributed by atoms with Gasteiger partial charge < -0.3 is 5.73 Å². The van der Waals surface area contributed by atoms with Gasteiger partial charge in [-0.05, 0) is 36.8 Å². The second kappa shape index (κ2) is 5.23. The van der Waals surface area contributed by atoms with Crippen molar-refractivity contribution in [2.24, 2.45) is 0 Å². The lowest BCUT2D eigenvalue weighted by Crippen LogP contribution is -2.15. The third-order valence-electron chi connectivity index (χ3n) is 2.82. The summed E-state index contributed by atoms with van der Waals surface area (Å²) in [7, 11) is -3.78. The summed E-state index contributed by atoms with van der Waals surface area (Å²) in [4.78, 5) is -0.0419. The molecule has 0 bridgehead atoms. The highest BCUT2D eigenvalue weighted by atomic mass is 32.2. The standard InChI is InChI=1S/C14H13N3O2S/c1-10-4-2-3-5-13(10)17-20(18,19)14-7-6-11(9-15)8-12(14)16/h2-8,17H,16H2,1H3. The van der Waals surface area contributed by atoms with Gasteiger partial charge in [0.15, 0.2) is 0 Å². The average Bonchev–Trinajstić information content (AvgIpc) is 2.40. The Bertz CT molecular complexity index is 792. The topological polar surface area (TPSA) is 96.0 Å². The summed E-state index contributed by atoms with van der Waals surface area (Å²) >= 11 is 0. The molecule has 0 atom stereocenters. The molecule has 0 unspecified atom stereocenters.